The molecule has 0 atom stereocenters. The summed E-state index contributed by atoms with van der Waals surface area (Å²) in [7, 11) is 1.97. The number of amides is 1. The third kappa shape index (κ3) is 3.62. The van der Waals surface area contributed by atoms with Crippen molar-refractivity contribution in [2.75, 3.05) is 16.8 Å². The molecule has 1 aliphatic heterocycles. The first-order valence-electron chi connectivity index (χ1n) is 10.9. The minimum atomic E-state index is -0.0957. The summed E-state index contributed by atoms with van der Waals surface area (Å²) in [6, 6.07) is 7.92. The first-order valence-corrected chi connectivity index (χ1v) is 10.9. The number of carbonyl (C=O) groups is 1. The number of rotatable bonds is 6. The molecule has 0 fully saturated rings. The number of nitrogens with two attached hydrogens (primary N) is 1. The lowest BCUT2D eigenvalue weighted by Crippen LogP contribution is -2.27. The van der Waals surface area contributed by atoms with E-state index >= 15 is 0 Å². The van der Waals surface area contributed by atoms with Gasteiger partial charge in [0.15, 0.2) is 5.82 Å². The Morgan fingerprint density at radius 2 is 1.91 bits per heavy atom. The Bertz CT molecular complexity index is 1170. The molecule has 0 saturated heterocycles. The predicted molar refractivity (Wildman–Crippen MR) is 125 cm³/mol. The number of nitrogens with zero attached hydrogens (tertiary/aromatic N) is 7. The van der Waals surface area contributed by atoms with E-state index in [2.05, 4.69) is 37.9 Å². The first kappa shape index (κ1) is 21.9. The summed E-state index contributed by atoms with van der Waals surface area (Å²) in [4.78, 5) is 26.6. The van der Waals surface area contributed by atoms with Gasteiger partial charge in [-0.15, -0.1) is 10.2 Å². The molecule has 9 nitrogen and oxygen atoms in total. The number of anilines is 2. The number of aryl methyl sites for hydroxylation is 1. The molecule has 0 radical (unpaired) electrons. The molecular weight excluding hydrogens is 404 g/mol. The zero-order chi connectivity index (χ0) is 23.2. The second-order valence-corrected chi connectivity index (χ2v) is 8.67. The predicted octanol–water partition coefficient (Wildman–Crippen LogP) is 3.09. The molecule has 1 aliphatic rings. The molecule has 4 heterocycles. The van der Waals surface area contributed by atoms with E-state index in [1.165, 1.54) is 0 Å². The molecule has 0 spiro atoms. The Morgan fingerprint density at radius 1 is 1.16 bits per heavy atom. The van der Waals surface area contributed by atoms with E-state index < -0.39 is 0 Å². The van der Waals surface area contributed by atoms with Crippen LogP contribution in [0.1, 0.15) is 61.2 Å². The van der Waals surface area contributed by atoms with Crippen molar-refractivity contribution in [1.29, 1.82) is 0 Å². The van der Waals surface area contributed by atoms with Gasteiger partial charge < -0.3 is 15.2 Å². The van der Waals surface area contributed by atoms with Crippen LogP contribution in [0.15, 0.2) is 24.3 Å². The van der Waals surface area contributed by atoms with Gasteiger partial charge in [-0.25, -0.2) is 9.97 Å². The van der Waals surface area contributed by atoms with Crippen LogP contribution in [-0.4, -0.2) is 43.7 Å². The molecule has 0 aromatic carbocycles. The van der Waals surface area contributed by atoms with Crippen LogP contribution in [-0.2, 0) is 13.1 Å². The molecule has 168 valence electrons. The maximum Gasteiger partial charge on any atom is 0.260 e. The van der Waals surface area contributed by atoms with Crippen LogP contribution in [0, 0.1) is 6.92 Å². The average molecular weight is 435 g/mol. The van der Waals surface area contributed by atoms with Crippen LogP contribution >= 0.6 is 0 Å². The Morgan fingerprint density at radius 3 is 2.56 bits per heavy atom. The molecule has 3 aromatic rings. The van der Waals surface area contributed by atoms with Crippen molar-refractivity contribution in [3.8, 4) is 11.5 Å². The van der Waals surface area contributed by atoms with Gasteiger partial charge in [0.05, 0.1) is 17.8 Å². The zero-order valence-electron chi connectivity index (χ0n) is 19.5. The molecule has 4 rings (SSSR count). The van der Waals surface area contributed by atoms with E-state index in [1.807, 2.05) is 47.7 Å². The minimum absolute atomic E-state index is 0.0957. The van der Waals surface area contributed by atoms with Crippen LogP contribution < -0.4 is 15.5 Å². The fourth-order valence-corrected chi connectivity index (χ4v) is 4.01. The normalized spacial score (nSPS) is 13.4. The summed E-state index contributed by atoms with van der Waals surface area (Å²) in [6.45, 7) is 10.9. The van der Waals surface area contributed by atoms with E-state index in [-0.39, 0.29) is 24.5 Å². The van der Waals surface area contributed by atoms with Crippen molar-refractivity contribution in [3.63, 3.8) is 0 Å². The van der Waals surface area contributed by atoms with Crippen LogP contribution in [0.4, 0.5) is 11.6 Å². The maximum absolute atomic E-state index is 13.4. The minimum Gasteiger partial charge on any atom is -0.357 e. The number of pyridine rings is 2. The standard InChI is InChI=1S/C23H30N8O/c1-13(2)29(6)21-10-16-17(19(11-24)26-21)12-30(23(16)32)20-9-7-8-18(25-20)22-28-27-15(5)31(22)14(3)4/h7-10,13-14H,11-12,24H2,1-6H3. The van der Waals surface area contributed by atoms with Crippen molar-refractivity contribution in [2.45, 2.75) is 59.8 Å². The van der Waals surface area contributed by atoms with E-state index in [0.29, 0.717) is 29.4 Å². The van der Waals surface area contributed by atoms with Gasteiger partial charge in [-0.05, 0) is 52.8 Å². The number of carbonyl (C=O) groups excluding carboxylic acids is 1. The van der Waals surface area contributed by atoms with Gasteiger partial charge in [0, 0.05) is 31.2 Å². The van der Waals surface area contributed by atoms with Crippen molar-refractivity contribution in [2.24, 2.45) is 5.73 Å². The zero-order valence-corrected chi connectivity index (χ0v) is 19.5. The van der Waals surface area contributed by atoms with Crippen LogP contribution in [0.5, 0.6) is 0 Å². The molecule has 1 amide bonds. The Labute approximate surface area is 188 Å². The summed E-state index contributed by atoms with van der Waals surface area (Å²) >= 11 is 0. The van der Waals surface area contributed by atoms with Gasteiger partial charge in [-0.1, -0.05) is 6.07 Å². The van der Waals surface area contributed by atoms with Gasteiger partial charge in [-0.2, -0.15) is 0 Å². The molecule has 32 heavy (non-hydrogen) atoms. The number of hydrogen-bond donors (Lipinski definition) is 1. The second kappa shape index (κ2) is 8.31. The van der Waals surface area contributed by atoms with Crippen molar-refractivity contribution >= 4 is 17.5 Å². The lowest BCUT2D eigenvalue weighted by atomic mass is 10.1. The van der Waals surface area contributed by atoms with Gasteiger partial charge in [0.2, 0.25) is 0 Å². The molecule has 0 unspecified atom stereocenters. The molecule has 9 heteroatoms. The van der Waals surface area contributed by atoms with Gasteiger partial charge >= 0.3 is 0 Å². The highest BCUT2D eigenvalue weighted by molar-refractivity contribution is 6.10. The maximum atomic E-state index is 13.4. The summed E-state index contributed by atoms with van der Waals surface area (Å²) in [5.41, 5.74) is 8.92. The highest BCUT2D eigenvalue weighted by Gasteiger charge is 2.33. The SMILES string of the molecule is Cc1nnc(-c2cccc(N3Cc4c(cc(N(C)C(C)C)nc4CN)C3=O)n2)n1C(C)C. The monoisotopic (exact) mass is 434 g/mol. The lowest BCUT2D eigenvalue weighted by molar-refractivity contribution is 0.0996. The average Bonchev–Trinajstić information content (AvgIpc) is 3.33. The molecule has 0 saturated carbocycles. The quantitative estimate of drug-likeness (QED) is 0.635. The summed E-state index contributed by atoms with van der Waals surface area (Å²) in [6.07, 6.45) is 0. The van der Waals surface area contributed by atoms with Crippen molar-refractivity contribution < 1.29 is 4.79 Å². The van der Waals surface area contributed by atoms with Crippen molar-refractivity contribution in [1.82, 2.24) is 24.7 Å². The second-order valence-electron chi connectivity index (χ2n) is 8.67. The summed E-state index contributed by atoms with van der Waals surface area (Å²) in [5.74, 6) is 2.74. The van der Waals surface area contributed by atoms with E-state index in [4.69, 9.17) is 15.7 Å². The Balaban J connectivity index is 1.73. The highest BCUT2D eigenvalue weighted by Crippen LogP contribution is 2.32. The number of hydrogen-bond acceptors (Lipinski definition) is 7. The number of aromatic nitrogens is 5. The van der Waals surface area contributed by atoms with Crippen LogP contribution in [0.3, 0.4) is 0 Å². The number of fused-ring (bicyclic) bond motifs is 1. The van der Waals surface area contributed by atoms with E-state index in [0.717, 1.165) is 22.9 Å². The van der Waals surface area contributed by atoms with Crippen molar-refractivity contribution in [3.05, 3.63) is 46.9 Å². The third-order valence-electron chi connectivity index (χ3n) is 5.94. The molecule has 0 bridgehead atoms. The van der Waals surface area contributed by atoms with Gasteiger partial charge in [0.25, 0.3) is 5.91 Å². The van der Waals surface area contributed by atoms with Crippen LogP contribution in [0.2, 0.25) is 0 Å². The van der Waals surface area contributed by atoms with Gasteiger partial charge in [-0.3, -0.25) is 9.69 Å². The molecule has 2 N–H and O–H groups in total. The van der Waals surface area contributed by atoms with E-state index in [1.54, 1.807) is 4.90 Å². The fraction of sp³-hybridized carbons (Fsp3) is 0.435. The van der Waals surface area contributed by atoms with Crippen LogP contribution in [0.25, 0.3) is 11.5 Å². The Kier molecular flexibility index (Phi) is 5.68. The Hall–Kier alpha value is -3.33. The molecule has 3 aromatic heterocycles. The topological polar surface area (TPSA) is 106 Å². The molecule has 0 aliphatic carbocycles. The van der Waals surface area contributed by atoms with E-state index in [9.17, 15) is 4.79 Å². The first-order chi connectivity index (χ1) is 15.2. The fourth-order valence-electron chi connectivity index (χ4n) is 4.01. The molecular formula is C23H30N8O. The third-order valence-corrected chi connectivity index (χ3v) is 5.94. The lowest BCUT2D eigenvalue weighted by Gasteiger charge is -2.23. The summed E-state index contributed by atoms with van der Waals surface area (Å²) < 4.78 is 2.04. The highest BCUT2D eigenvalue weighted by atomic mass is 16.2. The largest absolute Gasteiger partial charge is 0.357 e. The summed E-state index contributed by atoms with van der Waals surface area (Å²) in [5, 5.41) is 8.54. The smallest absolute Gasteiger partial charge is 0.260 e. The van der Waals surface area contributed by atoms with Gasteiger partial charge in [0.1, 0.15) is 23.2 Å².